The third kappa shape index (κ3) is 4.18. The van der Waals surface area contributed by atoms with E-state index in [9.17, 15) is 4.79 Å². The Morgan fingerprint density at radius 1 is 1.53 bits per heavy atom. The molecule has 1 rings (SSSR count). The molecule has 0 radical (unpaired) electrons. The maximum Gasteiger partial charge on any atom is 0.236 e. The molecule has 0 aromatic heterocycles. The van der Waals surface area contributed by atoms with Crippen molar-refractivity contribution in [2.24, 2.45) is 0 Å². The molecule has 0 saturated carbocycles. The highest BCUT2D eigenvalue weighted by atomic mass is 16.5. The van der Waals surface area contributed by atoms with Crippen LogP contribution in [0.3, 0.4) is 0 Å². The largest absolute Gasteiger partial charge is 0.380 e. The number of likely N-dealkylation sites (tertiary alicyclic amines) is 1. The van der Waals surface area contributed by atoms with E-state index in [1.54, 1.807) is 7.11 Å². The van der Waals surface area contributed by atoms with E-state index in [4.69, 9.17) is 4.74 Å². The highest BCUT2D eigenvalue weighted by Gasteiger charge is 2.26. The average molecular weight is 214 g/mol. The van der Waals surface area contributed by atoms with Crippen LogP contribution < -0.4 is 5.32 Å². The second-order valence-electron chi connectivity index (χ2n) is 5.09. The lowest BCUT2D eigenvalue weighted by molar-refractivity contribution is -0.129. The van der Waals surface area contributed by atoms with Crippen molar-refractivity contribution in [2.75, 3.05) is 26.7 Å². The van der Waals surface area contributed by atoms with E-state index in [2.05, 4.69) is 26.1 Å². The van der Waals surface area contributed by atoms with Gasteiger partial charge in [0, 0.05) is 25.7 Å². The summed E-state index contributed by atoms with van der Waals surface area (Å²) in [6.07, 6.45) is 1.18. The first-order valence-electron chi connectivity index (χ1n) is 5.48. The van der Waals surface area contributed by atoms with Crippen molar-refractivity contribution in [2.45, 2.75) is 38.8 Å². The fourth-order valence-electron chi connectivity index (χ4n) is 1.60. The maximum absolute atomic E-state index is 11.8. The Hall–Kier alpha value is -0.610. The molecular formula is C11H22N2O2. The first-order valence-corrected chi connectivity index (χ1v) is 5.48. The summed E-state index contributed by atoms with van der Waals surface area (Å²) in [7, 11) is 1.70. The summed E-state index contributed by atoms with van der Waals surface area (Å²) >= 11 is 0. The van der Waals surface area contributed by atoms with Crippen LogP contribution in [0.1, 0.15) is 27.2 Å². The first-order chi connectivity index (χ1) is 6.92. The summed E-state index contributed by atoms with van der Waals surface area (Å²) in [6, 6.07) is 0. The van der Waals surface area contributed by atoms with Crippen molar-refractivity contribution < 1.29 is 9.53 Å². The predicted octanol–water partition coefficient (Wildman–Crippen LogP) is 0.622. The Morgan fingerprint density at radius 3 is 2.67 bits per heavy atom. The van der Waals surface area contributed by atoms with Gasteiger partial charge in [0.25, 0.3) is 0 Å². The number of rotatable bonds is 3. The molecule has 15 heavy (non-hydrogen) atoms. The number of methoxy groups -OCH3 is 1. The van der Waals surface area contributed by atoms with Crippen molar-refractivity contribution in [3.05, 3.63) is 0 Å². The van der Waals surface area contributed by atoms with Gasteiger partial charge < -0.3 is 15.0 Å². The van der Waals surface area contributed by atoms with Gasteiger partial charge in [0.2, 0.25) is 5.91 Å². The Kier molecular flexibility index (Phi) is 4.11. The highest BCUT2D eigenvalue weighted by molar-refractivity contribution is 5.78. The van der Waals surface area contributed by atoms with Crippen molar-refractivity contribution in [1.29, 1.82) is 0 Å². The average Bonchev–Trinajstić information content (AvgIpc) is 2.61. The van der Waals surface area contributed by atoms with E-state index in [0.717, 1.165) is 19.5 Å². The molecule has 4 nitrogen and oxygen atoms in total. The number of amides is 1. The molecule has 1 N–H and O–H groups in total. The fourth-order valence-corrected chi connectivity index (χ4v) is 1.60. The lowest BCUT2D eigenvalue weighted by atomic mass is 10.1. The quantitative estimate of drug-likeness (QED) is 0.749. The van der Waals surface area contributed by atoms with Gasteiger partial charge in [-0.05, 0) is 27.2 Å². The first kappa shape index (κ1) is 12.5. The topological polar surface area (TPSA) is 41.6 Å². The monoisotopic (exact) mass is 214 g/mol. The van der Waals surface area contributed by atoms with Crippen LogP contribution >= 0.6 is 0 Å². The number of hydrogen-bond donors (Lipinski definition) is 1. The minimum Gasteiger partial charge on any atom is -0.380 e. The third-order valence-corrected chi connectivity index (χ3v) is 2.60. The normalized spacial score (nSPS) is 22.1. The molecule has 1 atom stereocenters. The van der Waals surface area contributed by atoms with Crippen LogP contribution in [0.15, 0.2) is 0 Å². The summed E-state index contributed by atoms with van der Waals surface area (Å²) in [5, 5.41) is 3.20. The number of nitrogens with zero attached hydrogens (tertiary/aromatic N) is 1. The van der Waals surface area contributed by atoms with E-state index in [-0.39, 0.29) is 17.6 Å². The van der Waals surface area contributed by atoms with Crippen LogP contribution in [0.2, 0.25) is 0 Å². The Bertz CT molecular complexity index is 223. The summed E-state index contributed by atoms with van der Waals surface area (Å²) in [4.78, 5) is 13.6. The molecule has 1 aliphatic rings. The van der Waals surface area contributed by atoms with Gasteiger partial charge in [-0.15, -0.1) is 0 Å². The van der Waals surface area contributed by atoms with E-state index in [0.29, 0.717) is 6.54 Å². The van der Waals surface area contributed by atoms with E-state index < -0.39 is 0 Å². The van der Waals surface area contributed by atoms with Crippen molar-refractivity contribution in [3.63, 3.8) is 0 Å². The zero-order chi connectivity index (χ0) is 11.5. The Morgan fingerprint density at radius 2 is 2.20 bits per heavy atom. The molecule has 1 amide bonds. The van der Waals surface area contributed by atoms with Gasteiger partial charge in [-0.1, -0.05) is 0 Å². The molecule has 0 aliphatic carbocycles. The van der Waals surface area contributed by atoms with Crippen molar-refractivity contribution >= 4 is 5.91 Å². The number of carbonyl (C=O) groups excluding carboxylic acids is 1. The van der Waals surface area contributed by atoms with Gasteiger partial charge in [-0.25, -0.2) is 0 Å². The molecule has 0 bridgehead atoms. The predicted molar refractivity (Wildman–Crippen MR) is 59.7 cm³/mol. The molecule has 0 aromatic rings. The Balaban J connectivity index is 2.30. The van der Waals surface area contributed by atoms with Gasteiger partial charge in [-0.2, -0.15) is 0 Å². The zero-order valence-electron chi connectivity index (χ0n) is 10.2. The number of nitrogens with one attached hydrogen (secondary N) is 1. The lowest BCUT2D eigenvalue weighted by Gasteiger charge is -2.23. The zero-order valence-corrected chi connectivity index (χ0v) is 10.2. The van der Waals surface area contributed by atoms with Crippen LogP contribution in [-0.2, 0) is 9.53 Å². The molecule has 0 spiro atoms. The molecular weight excluding hydrogens is 192 g/mol. The summed E-state index contributed by atoms with van der Waals surface area (Å²) in [5.41, 5.74) is -0.00393. The van der Waals surface area contributed by atoms with E-state index in [1.807, 2.05) is 4.90 Å². The summed E-state index contributed by atoms with van der Waals surface area (Å²) < 4.78 is 5.22. The molecule has 1 aliphatic heterocycles. The highest BCUT2D eigenvalue weighted by Crippen LogP contribution is 2.11. The van der Waals surface area contributed by atoms with E-state index >= 15 is 0 Å². The van der Waals surface area contributed by atoms with Gasteiger partial charge in [-0.3, -0.25) is 4.79 Å². The molecule has 0 aromatic carbocycles. The minimum absolute atomic E-state index is 0.00393. The second-order valence-corrected chi connectivity index (χ2v) is 5.09. The standard InChI is InChI=1S/C11H22N2O2/c1-11(2,3)12-7-10(14)13-6-5-9(8-13)15-4/h9,12H,5-8H2,1-4H3. The molecule has 4 heteroatoms. The smallest absolute Gasteiger partial charge is 0.236 e. The van der Waals surface area contributed by atoms with Crippen LogP contribution in [0.25, 0.3) is 0 Å². The van der Waals surface area contributed by atoms with Crippen molar-refractivity contribution in [1.82, 2.24) is 10.2 Å². The van der Waals surface area contributed by atoms with Gasteiger partial charge in [0.15, 0.2) is 0 Å². The number of hydrogen-bond acceptors (Lipinski definition) is 3. The SMILES string of the molecule is COC1CCN(C(=O)CNC(C)(C)C)C1. The molecule has 88 valence electrons. The maximum atomic E-state index is 11.8. The molecule has 1 unspecified atom stereocenters. The van der Waals surface area contributed by atoms with Gasteiger partial charge >= 0.3 is 0 Å². The Labute approximate surface area is 92.0 Å². The second kappa shape index (κ2) is 4.94. The van der Waals surface area contributed by atoms with Gasteiger partial charge in [0.1, 0.15) is 0 Å². The van der Waals surface area contributed by atoms with Crippen LogP contribution in [0.5, 0.6) is 0 Å². The minimum atomic E-state index is -0.00393. The van der Waals surface area contributed by atoms with Crippen LogP contribution in [0, 0.1) is 0 Å². The third-order valence-electron chi connectivity index (χ3n) is 2.60. The summed E-state index contributed by atoms with van der Waals surface area (Å²) in [5.74, 6) is 0.171. The summed E-state index contributed by atoms with van der Waals surface area (Å²) in [6.45, 7) is 8.15. The molecule has 1 heterocycles. The molecule has 1 saturated heterocycles. The molecule has 1 fully saturated rings. The number of carbonyl (C=O) groups is 1. The van der Waals surface area contributed by atoms with Crippen molar-refractivity contribution in [3.8, 4) is 0 Å². The fraction of sp³-hybridized carbons (Fsp3) is 0.909. The van der Waals surface area contributed by atoms with Gasteiger partial charge in [0.05, 0.1) is 12.6 Å². The van der Waals surface area contributed by atoms with Crippen LogP contribution in [-0.4, -0.2) is 49.2 Å². The van der Waals surface area contributed by atoms with E-state index in [1.165, 1.54) is 0 Å². The number of ether oxygens (including phenoxy) is 1. The van der Waals surface area contributed by atoms with Crippen LogP contribution in [0.4, 0.5) is 0 Å². The lowest BCUT2D eigenvalue weighted by Crippen LogP contribution is -2.44.